The van der Waals surface area contributed by atoms with Crippen LogP contribution in [0.4, 0.5) is 0 Å². The number of aromatic nitrogens is 2. The van der Waals surface area contributed by atoms with E-state index in [0.29, 0.717) is 41.9 Å². The molecule has 0 atom stereocenters. The molecule has 7 heteroatoms. The van der Waals surface area contributed by atoms with Gasteiger partial charge in [-0.05, 0) is 55.2 Å². The summed E-state index contributed by atoms with van der Waals surface area (Å²) < 4.78 is 18.9. The van der Waals surface area contributed by atoms with Gasteiger partial charge in [0.2, 0.25) is 5.88 Å². The van der Waals surface area contributed by atoms with Crippen molar-refractivity contribution in [1.29, 1.82) is 0 Å². The van der Waals surface area contributed by atoms with Crippen LogP contribution >= 0.6 is 0 Å². The summed E-state index contributed by atoms with van der Waals surface area (Å²) in [5.74, 6) is 2.99. The van der Waals surface area contributed by atoms with Gasteiger partial charge in [-0.3, -0.25) is 4.79 Å². The summed E-state index contributed by atoms with van der Waals surface area (Å²) in [5.41, 5.74) is 3.23. The molecule has 0 spiro atoms. The van der Waals surface area contributed by atoms with Gasteiger partial charge < -0.3 is 19.1 Å². The van der Waals surface area contributed by atoms with Crippen LogP contribution in [0.5, 0.6) is 23.1 Å². The van der Waals surface area contributed by atoms with Gasteiger partial charge in [0.15, 0.2) is 11.5 Å². The third kappa shape index (κ3) is 5.45. The molecule has 0 bridgehead atoms. The van der Waals surface area contributed by atoms with E-state index in [1.807, 2.05) is 90.8 Å². The van der Waals surface area contributed by atoms with Gasteiger partial charge >= 0.3 is 0 Å². The number of hydrogen-bond acceptors (Lipinski definition) is 5. The Balaban J connectivity index is 1.55. The Hall–Kier alpha value is -4.26. The maximum absolute atomic E-state index is 13.7. The average Bonchev–Trinajstić information content (AvgIpc) is 3.72. The van der Waals surface area contributed by atoms with Crippen molar-refractivity contribution in [2.24, 2.45) is 13.0 Å². The summed E-state index contributed by atoms with van der Waals surface area (Å²) >= 11 is 0. The van der Waals surface area contributed by atoms with E-state index in [4.69, 9.17) is 19.3 Å². The fourth-order valence-electron chi connectivity index (χ4n) is 4.40. The molecule has 0 unspecified atom stereocenters. The highest BCUT2D eigenvalue weighted by atomic mass is 16.5. The van der Waals surface area contributed by atoms with E-state index < -0.39 is 0 Å². The van der Waals surface area contributed by atoms with E-state index in [1.165, 1.54) is 0 Å². The molecular weight excluding hydrogens is 466 g/mol. The zero-order valence-corrected chi connectivity index (χ0v) is 21.4. The number of rotatable bonds is 10. The topological polar surface area (TPSA) is 65.8 Å². The number of amides is 1. The van der Waals surface area contributed by atoms with E-state index in [2.05, 4.69) is 0 Å². The highest BCUT2D eigenvalue weighted by Gasteiger charge is 2.30. The molecule has 1 saturated carbocycles. The molecule has 3 aromatic carbocycles. The average molecular weight is 498 g/mol. The molecule has 0 aliphatic heterocycles. The fraction of sp³-hybridized carbons (Fsp3) is 0.267. The van der Waals surface area contributed by atoms with Gasteiger partial charge in [0.05, 0.1) is 26.3 Å². The smallest absolute Gasteiger partial charge is 0.254 e. The van der Waals surface area contributed by atoms with Crippen molar-refractivity contribution >= 4 is 5.91 Å². The Labute approximate surface area is 217 Å². The highest BCUT2D eigenvalue weighted by molar-refractivity contribution is 5.94. The van der Waals surface area contributed by atoms with Gasteiger partial charge in [-0.25, -0.2) is 4.68 Å². The summed E-state index contributed by atoms with van der Waals surface area (Å²) in [6.45, 7) is 1.05. The third-order valence-corrected chi connectivity index (χ3v) is 6.56. The Morgan fingerprint density at radius 1 is 0.919 bits per heavy atom. The first-order chi connectivity index (χ1) is 18.1. The Morgan fingerprint density at radius 3 is 2.24 bits per heavy atom. The van der Waals surface area contributed by atoms with Crippen molar-refractivity contribution in [3.05, 3.63) is 90.0 Å². The minimum absolute atomic E-state index is 0.0272. The maximum Gasteiger partial charge on any atom is 0.254 e. The van der Waals surface area contributed by atoms with Gasteiger partial charge in [0, 0.05) is 24.7 Å². The van der Waals surface area contributed by atoms with E-state index in [9.17, 15) is 4.79 Å². The quantitative estimate of drug-likeness (QED) is 0.271. The van der Waals surface area contributed by atoms with Gasteiger partial charge in [-0.15, -0.1) is 0 Å². The number of para-hydroxylation sites is 2. The fourth-order valence-corrected chi connectivity index (χ4v) is 4.40. The lowest BCUT2D eigenvalue weighted by Gasteiger charge is -2.24. The molecule has 5 rings (SSSR count). The number of benzene rings is 3. The monoisotopic (exact) mass is 497 g/mol. The molecule has 37 heavy (non-hydrogen) atoms. The number of hydrogen-bond donors (Lipinski definition) is 0. The number of ether oxygens (including phenoxy) is 3. The summed E-state index contributed by atoms with van der Waals surface area (Å²) in [7, 11) is 5.09. The van der Waals surface area contributed by atoms with E-state index in [-0.39, 0.29) is 5.91 Å². The normalized spacial score (nSPS) is 12.7. The van der Waals surface area contributed by atoms with Crippen LogP contribution in [-0.4, -0.2) is 41.4 Å². The van der Waals surface area contributed by atoms with Gasteiger partial charge in [0.25, 0.3) is 5.91 Å². The van der Waals surface area contributed by atoms with Crippen LogP contribution in [0.1, 0.15) is 28.8 Å². The minimum Gasteiger partial charge on any atom is -0.497 e. The molecular formula is C30H31N3O4. The van der Waals surface area contributed by atoms with Crippen LogP contribution in [0.15, 0.2) is 78.9 Å². The predicted octanol–water partition coefficient (Wildman–Crippen LogP) is 5.95. The van der Waals surface area contributed by atoms with Crippen LogP contribution in [0, 0.1) is 5.92 Å². The number of methoxy groups -OCH3 is 2. The molecule has 1 aliphatic rings. The van der Waals surface area contributed by atoms with Crippen molar-refractivity contribution in [2.75, 3.05) is 20.8 Å². The first-order valence-electron chi connectivity index (χ1n) is 12.4. The van der Waals surface area contributed by atoms with Gasteiger partial charge in [-0.1, -0.05) is 42.5 Å². The SMILES string of the molecule is COc1ccc(C(=O)N(Cc2c(-c3ccccc3)nn(C)c2Oc2ccccc2OC)CC2CC2)cc1. The first kappa shape index (κ1) is 24.4. The second-order valence-electron chi connectivity index (χ2n) is 9.23. The molecule has 190 valence electrons. The second-order valence-corrected chi connectivity index (χ2v) is 9.23. The molecule has 1 aromatic heterocycles. The highest BCUT2D eigenvalue weighted by Crippen LogP contribution is 2.38. The summed E-state index contributed by atoms with van der Waals surface area (Å²) in [6.07, 6.45) is 2.27. The predicted molar refractivity (Wildman–Crippen MR) is 142 cm³/mol. The lowest BCUT2D eigenvalue weighted by Crippen LogP contribution is -2.32. The molecule has 0 N–H and O–H groups in total. The molecule has 7 nitrogen and oxygen atoms in total. The lowest BCUT2D eigenvalue weighted by atomic mass is 10.1. The van der Waals surface area contributed by atoms with Gasteiger partial charge in [-0.2, -0.15) is 5.10 Å². The van der Waals surface area contributed by atoms with Crippen molar-refractivity contribution < 1.29 is 19.0 Å². The van der Waals surface area contributed by atoms with Crippen molar-refractivity contribution in [3.8, 4) is 34.4 Å². The standard InChI is InChI=1S/C30H31N3O4/c1-32-30(37-27-12-8-7-11-26(27)36-3)25(28(31-32)22-9-5-4-6-10-22)20-33(19-21-13-14-21)29(34)23-15-17-24(35-2)18-16-23/h4-12,15-18,21H,13-14,19-20H2,1-3H3. The minimum atomic E-state index is -0.0272. The number of nitrogens with zero attached hydrogens (tertiary/aromatic N) is 3. The Kier molecular flexibility index (Phi) is 7.12. The molecule has 1 amide bonds. The van der Waals surface area contributed by atoms with Crippen LogP contribution < -0.4 is 14.2 Å². The Bertz CT molecular complexity index is 1360. The van der Waals surface area contributed by atoms with Crippen LogP contribution in [0.3, 0.4) is 0 Å². The van der Waals surface area contributed by atoms with Crippen LogP contribution in [0.25, 0.3) is 11.3 Å². The third-order valence-electron chi connectivity index (χ3n) is 6.56. The van der Waals surface area contributed by atoms with E-state index in [1.54, 1.807) is 18.9 Å². The number of carbonyl (C=O) groups excluding carboxylic acids is 1. The van der Waals surface area contributed by atoms with Crippen LogP contribution in [0.2, 0.25) is 0 Å². The molecule has 1 heterocycles. The summed E-state index contributed by atoms with van der Waals surface area (Å²) in [5, 5.41) is 4.83. The van der Waals surface area contributed by atoms with E-state index >= 15 is 0 Å². The molecule has 0 radical (unpaired) electrons. The number of carbonyl (C=O) groups is 1. The molecule has 1 fully saturated rings. The van der Waals surface area contributed by atoms with Gasteiger partial charge in [0.1, 0.15) is 11.4 Å². The van der Waals surface area contributed by atoms with E-state index in [0.717, 1.165) is 35.4 Å². The molecule has 1 aliphatic carbocycles. The van der Waals surface area contributed by atoms with Crippen LogP contribution in [-0.2, 0) is 13.6 Å². The number of aryl methyl sites for hydroxylation is 1. The maximum atomic E-state index is 13.7. The summed E-state index contributed by atoms with van der Waals surface area (Å²) in [6, 6.07) is 24.8. The molecule has 4 aromatic rings. The Morgan fingerprint density at radius 2 is 1.59 bits per heavy atom. The van der Waals surface area contributed by atoms with Crippen molar-refractivity contribution in [1.82, 2.24) is 14.7 Å². The second kappa shape index (κ2) is 10.8. The summed E-state index contributed by atoms with van der Waals surface area (Å²) in [4.78, 5) is 15.6. The molecule has 0 saturated heterocycles. The first-order valence-corrected chi connectivity index (χ1v) is 12.4. The largest absolute Gasteiger partial charge is 0.497 e. The zero-order chi connectivity index (χ0) is 25.8. The lowest BCUT2D eigenvalue weighted by molar-refractivity contribution is 0.0734. The zero-order valence-electron chi connectivity index (χ0n) is 21.4. The van der Waals surface area contributed by atoms with Crippen molar-refractivity contribution in [3.63, 3.8) is 0 Å². The van der Waals surface area contributed by atoms with Crippen molar-refractivity contribution in [2.45, 2.75) is 19.4 Å².